The van der Waals surface area contributed by atoms with Gasteiger partial charge in [-0.2, -0.15) is 0 Å². The van der Waals surface area contributed by atoms with Crippen LogP contribution in [0.5, 0.6) is 0 Å². The van der Waals surface area contributed by atoms with Crippen LogP contribution in [0.25, 0.3) is 0 Å². The summed E-state index contributed by atoms with van der Waals surface area (Å²) in [6, 6.07) is 11.5. The van der Waals surface area contributed by atoms with Crippen LogP contribution in [-0.2, 0) is 11.3 Å². The molecule has 4 rings (SSSR count). The number of carbonyl (C=O) groups is 1. The van der Waals surface area contributed by atoms with Crippen molar-refractivity contribution < 1.29 is 4.79 Å². The highest BCUT2D eigenvalue weighted by molar-refractivity contribution is 5.78. The fourth-order valence-electron chi connectivity index (χ4n) is 5.52. The first kappa shape index (κ1) is 18.0. The molecule has 2 aliphatic carbocycles. The second-order valence-corrected chi connectivity index (χ2v) is 8.69. The van der Waals surface area contributed by atoms with Gasteiger partial charge in [-0.25, -0.2) is 0 Å². The molecule has 3 aliphatic rings. The van der Waals surface area contributed by atoms with E-state index in [0.29, 0.717) is 23.9 Å². The summed E-state index contributed by atoms with van der Waals surface area (Å²) in [6.07, 6.45) is 8.16. The zero-order valence-electron chi connectivity index (χ0n) is 15.8. The van der Waals surface area contributed by atoms with Crippen LogP contribution in [0, 0.1) is 17.8 Å². The number of rotatable bonds is 5. The summed E-state index contributed by atoms with van der Waals surface area (Å²) >= 11 is 0. The Balaban J connectivity index is 1.28. The zero-order chi connectivity index (χ0) is 17.9. The first-order valence-electron chi connectivity index (χ1n) is 10.5. The molecule has 1 saturated heterocycles. The Hall–Kier alpha value is -1.39. The molecule has 26 heavy (non-hydrogen) atoms. The van der Waals surface area contributed by atoms with Crippen LogP contribution in [0.2, 0.25) is 0 Å². The summed E-state index contributed by atoms with van der Waals surface area (Å²) in [7, 11) is 0. The van der Waals surface area contributed by atoms with Gasteiger partial charge in [-0.1, -0.05) is 36.8 Å². The summed E-state index contributed by atoms with van der Waals surface area (Å²) in [5, 5.41) is 3.29. The van der Waals surface area contributed by atoms with E-state index in [9.17, 15) is 4.79 Å². The Morgan fingerprint density at radius 3 is 2.54 bits per heavy atom. The van der Waals surface area contributed by atoms with Crippen LogP contribution in [0.15, 0.2) is 30.3 Å². The maximum Gasteiger partial charge on any atom is 0.223 e. The topological polar surface area (TPSA) is 58.4 Å². The van der Waals surface area contributed by atoms with E-state index in [0.717, 1.165) is 32.5 Å². The van der Waals surface area contributed by atoms with Crippen LogP contribution in [0.3, 0.4) is 0 Å². The lowest BCUT2D eigenvalue weighted by Gasteiger charge is -2.43. The second-order valence-electron chi connectivity index (χ2n) is 8.69. The van der Waals surface area contributed by atoms with E-state index in [2.05, 4.69) is 40.5 Å². The summed E-state index contributed by atoms with van der Waals surface area (Å²) in [6.45, 7) is 2.92. The van der Waals surface area contributed by atoms with Gasteiger partial charge in [0, 0.05) is 31.1 Å². The number of nitrogens with one attached hydrogen (secondary N) is 1. The zero-order valence-corrected chi connectivity index (χ0v) is 15.8. The number of hydrogen-bond donors (Lipinski definition) is 2. The molecule has 4 nitrogen and oxygen atoms in total. The van der Waals surface area contributed by atoms with Gasteiger partial charge in [0.05, 0.1) is 0 Å². The van der Waals surface area contributed by atoms with Crippen LogP contribution in [-0.4, -0.2) is 36.0 Å². The molecule has 2 bridgehead atoms. The quantitative estimate of drug-likeness (QED) is 0.854. The minimum atomic E-state index is 0.189. The number of amides is 1. The van der Waals surface area contributed by atoms with Crippen LogP contribution in [0.4, 0.5) is 0 Å². The minimum absolute atomic E-state index is 0.189. The largest absolute Gasteiger partial charge is 0.354 e. The Labute approximate surface area is 157 Å². The Kier molecular flexibility index (Phi) is 5.60. The maximum absolute atomic E-state index is 12.8. The van der Waals surface area contributed by atoms with Crippen LogP contribution < -0.4 is 11.1 Å². The highest BCUT2D eigenvalue weighted by Gasteiger charge is 2.40. The number of nitrogens with zero attached hydrogens (tertiary/aromatic N) is 1. The monoisotopic (exact) mass is 355 g/mol. The van der Waals surface area contributed by atoms with Gasteiger partial charge in [0.2, 0.25) is 5.91 Å². The molecule has 142 valence electrons. The van der Waals surface area contributed by atoms with Crippen molar-refractivity contribution in [2.75, 3.05) is 13.1 Å². The summed E-state index contributed by atoms with van der Waals surface area (Å²) < 4.78 is 0. The lowest BCUT2D eigenvalue weighted by atomic mass is 9.65. The predicted octanol–water partition coefficient (Wildman–Crippen LogP) is 2.92. The fraction of sp³-hybridized carbons (Fsp3) is 0.682. The molecule has 3 atom stereocenters. The summed E-state index contributed by atoms with van der Waals surface area (Å²) in [5.41, 5.74) is 7.73. The average Bonchev–Trinajstić information content (AvgIpc) is 3.07. The second kappa shape index (κ2) is 8.10. The van der Waals surface area contributed by atoms with E-state index in [4.69, 9.17) is 5.73 Å². The van der Waals surface area contributed by atoms with Gasteiger partial charge in [-0.15, -0.1) is 0 Å². The molecule has 1 aromatic rings. The lowest BCUT2D eigenvalue weighted by Crippen LogP contribution is -2.50. The van der Waals surface area contributed by atoms with E-state index in [1.165, 1.54) is 37.7 Å². The highest BCUT2D eigenvalue weighted by Crippen LogP contribution is 2.41. The van der Waals surface area contributed by atoms with E-state index < -0.39 is 0 Å². The number of fused-ring (bicyclic) bond motifs is 2. The molecule has 4 heteroatoms. The van der Waals surface area contributed by atoms with E-state index in [1.54, 1.807) is 0 Å². The van der Waals surface area contributed by atoms with Gasteiger partial charge in [0.15, 0.2) is 0 Å². The van der Waals surface area contributed by atoms with Crippen LogP contribution >= 0.6 is 0 Å². The molecule has 1 heterocycles. The van der Waals surface area contributed by atoms with Gasteiger partial charge < -0.3 is 11.1 Å². The SMILES string of the molecule is NC1C2CCCC1CC(C(=O)NCC1CCCN1Cc1ccccc1)C2. The van der Waals surface area contributed by atoms with Crippen molar-refractivity contribution in [1.29, 1.82) is 0 Å². The van der Waals surface area contributed by atoms with Crippen molar-refractivity contribution in [3.8, 4) is 0 Å². The Bertz CT molecular complexity index is 591. The van der Waals surface area contributed by atoms with Crippen LogP contribution in [0.1, 0.15) is 50.5 Å². The number of nitrogens with two attached hydrogens (primary N) is 1. The van der Waals surface area contributed by atoms with E-state index >= 15 is 0 Å². The molecular formula is C22H33N3O. The first-order chi connectivity index (χ1) is 12.7. The third kappa shape index (κ3) is 3.96. The number of likely N-dealkylation sites (tertiary alicyclic amines) is 1. The average molecular weight is 356 g/mol. The summed E-state index contributed by atoms with van der Waals surface area (Å²) in [5.74, 6) is 1.60. The van der Waals surface area contributed by atoms with Crippen molar-refractivity contribution >= 4 is 5.91 Å². The number of hydrogen-bond acceptors (Lipinski definition) is 3. The standard InChI is InChI=1S/C22H33N3O/c23-21-17-8-4-9-18(21)13-19(12-17)22(26)24-14-20-10-5-11-25(20)15-16-6-2-1-3-7-16/h1-3,6-7,17-21H,4-5,8-15,23H2,(H,24,26). The third-order valence-corrected chi connectivity index (χ3v) is 7.02. The van der Waals surface area contributed by atoms with Gasteiger partial charge in [-0.3, -0.25) is 9.69 Å². The molecule has 0 radical (unpaired) electrons. The van der Waals surface area contributed by atoms with Crippen molar-refractivity contribution in [3.05, 3.63) is 35.9 Å². The Morgan fingerprint density at radius 2 is 1.81 bits per heavy atom. The summed E-state index contributed by atoms with van der Waals surface area (Å²) in [4.78, 5) is 15.3. The van der Waals surface area contributed by atoms with E-state index in [-0.39, 0.29) is 11.8 Å². The third-order valence-electron chi connectivity index (χ3n) is 7.02. The predicted molar refractivity (Wildman–Crippen MR) is 104 cm³/mol. The Morgan fingerprint density at radius 1 is 1.08 bits per heavy atom. The minimum Gasteiger partial charge on any atom is -0.354 e. The number of carbonyl (C=O) groups excluding carboxylic acids is 1. The smallest absolute Gasteiger partial charge is 0.223 e. The molecule has 0 aromatic heterocycles. The molecule has 3 fully saturated rings. The van der Waals surface area contributed by atoms with Gasteiger partial charge >= 0.3 is 0 Å². The van der Waals surface area contributed by atoms with Crippen molar-refractivity contribution in [1.82, 2.24) is 10.2 Å². The van der Waals surface area contributed by atoms with Gasteiger partial charge in [-0.05, 0) is 62.5 Å². The van der Waals surface area contributed by atoms with Crippen molar-refractivity contribution in [2.45, 2.75) is 63.6 Å². The molecule has 3 unspecified atom stereocenters. The number of benzene rings is 1. The van der Waals surface area contributed by atoms with E-state index in [1.807, 2.05) is 0 Å². The highest BCUT2D eigenvalue weighted by atomic mass is 16.1. The van der Waals surface area contributed by atoms with Gasteiger partial charge in [0.1, 0.15) is 0 Å². The molecule has 1 aliphatic heterocycles. The lowest BCUT2D eigenvalue weighted by molar-refractivity contribution is -0.128. The normalized spacial score (nSPS) is 34.6. The molecule has 1 aromatic carbocycles. The molecular weight excluding hydrogens is 322 g/mol. The molecule has 1 amide bonds. The maximum atomic E-state index is 12.8. The van der Waals surface area contributed by atoms with Gasteiger partial charge in [0.25, 0.3) is 0 Å². The first-order valence-corrected chi connectivity index (χ1v) is 10.5. The molecule has 0 spiro atoms. The fourth-order valence-corrected chi connectivity index (χ4v) is 5.52. The van der Waals surface area contributed by atoms with Crippen molar-refractivity contribution in [3.63, 3.8) is 0 Å². The molecule has 3 N–H and O–H groups in total. The molecule has 2 saturated carbocycles. The van der Waals surface area contributed by atoms with Crippen molar-refractivity contribution in [2.24, 2.45) is 23.5 Å².